The highest BCUT2D eigenvalue weighted by Crippen LogP contribution is 2.52. The third kappa shape index (κ3) is 5.25. The van der Waals surface area contributed by atoms with Crippen molar-refractivity contribution in [2.24, 2.45) is 5.41 Å². The first-order valence-electron chi connectivity index (χ1n) is 11.2. The van der Waals surface area contributed by atoms with Gasteiger partial charge in [-0.15, -0.1) is 0 Å². The van der Waals surface area contributed by atoms with Gasteiger partial charge in [-0.05, 0) is 48.2 Å². The molecule has 5 nitrogen and oxygen atoms in total. The molecule has 0 bridgehead atoms. The number of benzene rings is 2. The fourth-order valence-corrected chi connectivity index (χ4v) is 5.36. The van der Waals surface area contributed by atoms with Crippen LogP contribution < -0.4 is 0 Å². The molecule has 33 heavy (non-hydrogen) atoms. The first-order chi connectivity index (χ1) is 15.6. The molecule has 1 amide bonds. The Morgan fingerprint density at radius 2 is 1.76 bits per heavy atom. The van der Waals surface area contributed by atoms with E-state index in [1.807, 2.05) is 37.3 Å². The summed E-state index contributed by atoms with van der Waals surface area (Å²) in [5.41, 5.74) is 0.580. The molecular formula is C26H29Cl2NO4. The molecule has 4 atom stereocenters. The highest BCUT2D eigenvalue weighted by molar-refractivity contribution is 6.30. The van der Waals surface area contributed by atoms with Crippen LogP contribution in [0.1, 0.15) is 69.5 Å². The molecule has 1 heterocycles. The summed E-state index contributed by atoms with van der Waals surface area (Å²) in [6, 6.07) is 13.6. The van der Waals surface area contributed by atoms with Gasteiger partial charge in [0.1, 0.15) is 0 Å². The second kappa shape index (κ2) is 10.3. The number of halogens is 2. The highest BCUT2D eigenvalue weighted by Gasteiger charge is 2.53. The van der Waals surface area contributed by atoms with Gasteiger partial charge in [0.25, 0.3) is 0 Å². The summed E-state index contributed by atoms with van der Waals surface area (Å²) in [6.45, 7) is 5.35. The Kier molecular flexibility index (Phi) is 7.86. The molecule has 176 valence electrons. The number of Topliss-reactive ketones (excluding diaryl/α,β-unsaturated/α-hetero) is 1. The lowest BCUT2D eigenvalue weighted by Crippen LogP contribution is -2.57. The van der Waals surface area contributed by atoms with Crippen LogP contribution in [0.5, 0.6) is 0 Å². The maximum atomic E-state index is 14.0. The fraction of sp³-hybridized carbons (Fsp3) is 0.423. The lowest BCUT2D eigenvalue weighted by atomic mass is 9.67. The van der Waals surface area contributed by atoms with E-state index in [-0.39, 0.29) is 30.4 Å². The van der Waals surface area contributed by atoms with Crippen LogP contribution in [0, 0.1) is 5.41 Å². The van der Waals surface area contributed by atoms with Crippen molar-refractivity contribution in [3.63, 3.8) is 0 Å². The molecule has 0 spiro atoms. The Balaban J connectivity index is 2.27. The van der Waals surface area contributed by atoms with Crippen molar-refractivity contribution in [1.82, 2.24) is 4.90 Å². The number of carboxylic acids is 1. The van der Waals surface area contributed by atoms with Crippen molar-refractivity contribution in [3.8, 4) is 0 Å². The van der Waals surface area contributed by atoms with Gasteiger partial charge in [0.2, 0.25) is 5.91 Å². The molecule has 7 heteroatoms. The van der Waals surface area contributed by atoms with Crippen molar-refractivity contribution in [1.29, 1.82) is 0 Å². The number of carboxylic acid groups (broad SMARTS) is 1. The average molecular weight is 490 g/mol. The first-order valence-corrected chi connectivity index (χ1v) is 11.9. The van der Waals surface area contributed by atoms with Crippen LogP contribution in [-0.2, 0) is 14.4 Å². The quantitative estimate of drug-likeness (QED) is 0.472. The van der Waals surface area contributed by atoms with Gasteiger partial charge < -0.3 is 10.0 Å². The van der Waals surface area contributed by atoms with Gasteiger partial charge >= 0.3 is 5.97 Å². The third-order valence-corrected chi connectivity index (χ3v) is 7.06. The average Bonchev–Trinajstić information content (AvgIpc) is 2.77. The van der Waals surface area contributed by atoms with E-state index >= 15 is 0 Å². The molecule has 0 saturated carbocycles. The topological polar surface area (TPSA) is 74.7 Å². The number of ketones is 1. The zero-order valence-electron chi connectivity index (χ0n) is 19.1. The lowest BCUT2D eigenvalue weighted by Gasteiger charge is -2.51. The van der Waals surface area contributed by atoms with Crippen LogP contribution in [0.3, 0.4) is 0 Å². The lowest BCUT2D eigenvalue weighted by molar-refractivity contribution is -0.162. The molecule has 1 N–H and O–H groups in total. The summed E-state index contributed by atoms with van der Waals surface area (Å²) in [5.74, 6) is -1.66. The second-order valence-corrected chi connectivity index (χ2v) is 9.82. The molecule has 3 rings (SSSR count). The molecule has 2 unspecified atom stereocenters. The van der Waals surface area contributed by atoms with Gasteiger partial charge in [-0.3, -0.25) is 14.4 Å². The Bertz CT molecular complexity index is 1040. The summed E-state index contributed by atoms with van der Waals surface area (Å²) in [7, 11) is 0. The maximum Gasteiger partial charge on any atom is 0.304 e. The third-order valence-electron chi connectivity index (χ3n) is 6.57. The Morgan fingerprint density at radius 3 is 2.30 bits per heavy atom. The summed E-state index contributed by atoms with van der Waals surface area (Å²) in [6.07, 6.45) is 0.726. The van der Waals surface area contributed by atoms with Crippen molar-refractivity contribution in [2.45, 2.75) is 64.5 Å². The van der Waals surface area contributed by atoms with E-state index in [2.05, 4.69) is 0 Å². The maximum absolute atomic E-state index is 14.0. The van der Waals surface area contributed by atoms with E-state index in [9.17, 15) is 19.5 Å². The summed E-state index contributed by atoms with van der Waals surface area (Å²) in [5, 5.41) is 10.8. The van der Waals surface area contributed by atoms with Crippen LogP contribution in [0.4, 0.5) is 0 Å². The van der Waals surface area contributed by atoms with E-state index < -0.39 is 23.5 Å². The van der Waals surface area contributed by atoms with Crippen LogP contribution in [-0.4, -0.2) is 33.7 Å². The number of nitrogens with zero attached hydrogens (tertiary/aromatic N) is 1. The molecule has 2 aromatic carbocycles. The molecule has 1 saturated heterocycles. The zero-order chi connectivity index (χ0) is 24.3. The van der Waals surface area contributed by atoms with Gasteiger partial charge in [-0.2, -0.15) is 0 Å². The van der Waals surface area contributed by atoms with Gasteiger partial charge in [0.15, 0.2) is 5.78 Å². The molecular weight excluding hydrogens is 461 g/mol. The van der Waals surface area contributed by atoms with E-state index in [1.165, 1.54) is 0 Å². The normalized spacial score (nSPS) is 23.9. The number of aliphatic carboxylic acids is 1. The minimum absolute atomic E-state index is 0.0470. The monoisotopic (exact) mass is 489 g/mol. The zero-order valence-corrected chi connectivity index (χ0v) is 20.6. The SMILES string of the molecule is CCC(=O)C(CC)N1C(=O)[C@@](C)(CC(=O)O)C[C@H](c2cccc(Cl)c2)C1c1ccc(Cl)cc1. The van der Waals surface area contributed by atoms with Gasteiger partial charge in [0.05, 0.1) is 23.9 Å². The molecule has 1 aliphatic heterocycles. The smallest absolute Gasteiger partial charge is 0.304 e. The molecule has 0 radical (unpaired) electrons. The van der Waals surface area contributed by atoms with Crippen LogP contribution in [0.15, 0.2) is 48.5 Å². The van der Waals surface area contributed by atoms with E-state index in [0.29, 0.717) is 22.9 Å². The number of carbonyl (C=O) groups excluding carboxylic acids is 2. The number of amides is 1. The minimum Gasteiger partial charge on any atom is -0.481 e. The summed E-state index contributed by atoms with van der Waals surface area (Å²) < 4.78 is 0. The number of likely N-dealkylation sites (tertiary alicyclic amines) is 1. The number of piperidine rings is 1. The Morgan fingerprint density at radius 1 is 1.09 bits per heavy atom. The molecule has 1 aliphatic rings. The predicted octanol–water partition coefficient (Wildman–Crippen LogP) is 6.29. The van der Waals surface area contributed by atoms with Crippen LogP contribution in [0.25, 0.3) is 0 Å². The molecule has 0 aliphatic carbocycles. The van der Waals surface area contributed by atoms with E-state index in [0.717, 1.165) is 11.1 Å². The van der Waals surface area contributed by atoms with Gasteiger partial charge in [-0.1, -0.05) is 68.2 Å². The van der Waals surface area contributed by atoms with Crippen molar-refractivity contribution >= 4 is 40.9 Å². The van der Waals surface area contributed by atoms with Gasteiger partial charge in [0, 0.05) is 22.4 Å². The number of carbonyl (C=O) groups is 3. The molecule has 1 fully saturated rings. The minimum atomic E-state index is -1.16. The first kappa shape index (κ1) is 25.3. The van der Waals surface area contributed by atoms with Crippen molar-refractivity contribution in [3.05, 3.63) is 69.7 Å². The summed E-state index contributed by atoms with van der Waals surface area (Å²) in [4.78, 5) is 40.4. The summed E-state index contributed by atoms with van der Waals surface area (Å²) >= 11 is 12.5. The van der Waals surface area contributed by atoms with E-state index in [1.54, 1.807) is 36.9 Å². The Labute approximate surface area is 204 Å². The standard InChI is InChI=1S/C26H29Cl2NO4/c1-4-21(22(30)5-2)29-24(16-9-11-18(27)12-10-16)20(17-7-6-8-19(28)13-17)14-26(3,25(29)33)15-23(31)32/h6-13,20-21,24H,4-5,14-15H2,1-3H3,(H,31,32)/t20-,21?,24?,26-/m1/s1. The number of hydrogen-bond acceptors (Lipinski definition) is 3. The highest BCUT2D eigenvalue weighted by atomic mass is 35.5. The Hall–Kier alpha value is -2.37. The van der Waals surface area contributed by atoms with Crippen LogP contribution in [0.2, 0.25) is 10.0 Å². The van der Waals surface area contributed by atoms with Crippen molar-refractivity contribution in [2.75, 3.05) is 0 Å². The number of hydrogen-bond donors (Lipinski definition) is 1. The van der Waals surface area contributed by atoms with E-state index in [4.69, 9.17) is 23.2 Å². The van der Waals surface area contributed by atoms with Crippen molar-refractivity contribution < 1.29 is 19.5 Å². The molecule has 2 aromatic rings. The largest absolute Gasteiger partial charge is 0.481 e. The van der Waals surface area contributed by atoms with Gasteiger partial charge in [-0.25, -0.2) is 0 Å². The number of rotatable bonds is 8. The second-order valence-electron chi connectivity index (χ2n) is 8.95. The van der Waals surface area contributed by atoms with Crippen LogP contribution >= 0.6 is 23.2 Å². The fourth-order valence-electron chi connectivity index (χ4n) is 5.04. The molecule has 0 aromatic heterocycles. The predicted molar refractivity (Wildman–Crippen MR) is 130 cm³/mol.